The number of hydrogen-bond donors (Lipinski definition) is 1. The van der Waals surface area contributed by atoms with Crippen LogP contribution in [0.25, 0.3) is 16.7 Å². The molecule has 2 heterocycles. The van der Waals surface area contributed by atoms with Gasteiger partial charge in [0.1, 0.15) is 11.5 Å². The van der Waals surface area contributed by atoms with Crippen LogP contribution in [0.2, 0.25) is 0 Å². The first-order chi connectivity index (χ1) is 15.5. The zero-order valence-corrected chi connectivity index (χ0v) is 18.5. The minimum atomic E-state index is -2.93. The van der Waals surface area contributed by atoms with Crippen LogP contribution >= 0.6 is 15.9 Å². The van der Waals surface area contributed by atoms with Gasteiger partial charge in [0, 0.05) is 15.7 Å². The van der Waals surface area contributed by atoms with Crippen LogP contribution in [0.15, 0.2) is 77.3 Å². The number of nitrogens with one attached hydrogen (secondary N) is 1. The van der Waals surface area contributed by atoms with Gasteiger partial charge < -0.3 is 14.8 Å². The molecule has 0 spiro atoms. The summed E-state index contributed by atoms with van der Waals surface area (Å²) in [7, 11) is 1.61. The Morgan fingerprint density at radius 3 is 2.59 bits per heavy atom. The van der Waals surface area contributed by atoms with Crippen molar-refractivity contribution in [1.29, 1.82) is 0 Å². The zero-order valence-electron chi connectivity index (χ0n) is 16.9. The van der Waals surface area contributed by atoms with E-state index < -0.39 is 12.7 Å². The maximum absolute atomic E-state index is 13.2. The molecule has 0 saturated carbocycles. The molecule has 162 valence electrons. The van der Waals surface area contributed by atoms with E-state index in [-0.39, 0.29) is 5.75 Å². The van der Waals surface area contributed by atoms with Crippen molar-refractivity contribution < 1.29 is 18.3 Å². The number of hydrogen-bond acceptors (Lipinski definition) is 4. The lowest BCUT2D eigenvalue weighted by molar-refractivity contribution is -0.0505. The van der Waals surface area contributed by atoms with Crippen molar-refractivity contribution in [3.63, 3.8) is 0 Å². The van der Waals surface area contributed by atoms with E-state index in [4.69, 9.17) is 14.5 Å². The first-order valence-corrected chi connectivity index (χ1v) is 10.7. The van der Waals surface area contributed by atoms with E-state index in [1.54, 1.807) is 25.3 Å². The lowest BCUT2D eigenvalue weighted by atomic mass is 10.00. The zero-order chi connectivity index (χ0) is 22.2. The largest absolute Gasteiger partial charge is 0.497 e. The Balaban J connectivity index is 1.71. The summed E-state index contributed by atoms with van der Waals surface area (Å²) in [6, 6.07) is 19.9. The normalized spacial score (nSPS) is 15.3. The molecule has 0 amide bonds. The summed E-state index contributed by atoms with van der Waals surface area (Å²) in [5.41, 5.74) is 4.00. The molecule has 32 heavy (non-hydrogen) atoms. The number of nitrogens with zero attached hydrogens (tertiary/aromatic N) is 2. The second-order valence-corrected chi connectivity index (χ2v) is 8.15. The van der Waals surface area contributed by atoms with Crippen LogP contribution in [0, 0.1) is 0 Å². The maximum atomic E-state index is 13.2. The number of allylic oxidation sites excluding steroid dienone is 1. The van der Waals surface area contributed by atoms with E-state index in [9.17, 15) is 8.78 Å². The van der Waals surface area contributed by atoms with Gasteiger partial charge >= 0.3 is 6.61 Å². The summed E-state index contributed by atoms with van der Waals surface area (Å²) in [5.74, 6) is 1.48. The van der Waals surface area contributed by atoms with Gasteiger partial charge in [0.05, 0.1) is 24.2 Å². The van der Waals surface area contributed by atoms with Gasteiger partial charge in [-0.15, -0.1) is 0 Å². The Hall–Kier alpha value is -3.39. The molecule has 4 aromatic rings. The fourth-order valence-electron chi connectivity index (χ4n) is 3.93. The number of fused-ring (bicyclic) bond motifs is 3. The topological polar surface area (TPSA) is 48.3 Å². The van der Waals surface area contributed by atoms with Crippen LogP contribution in [0.4, 0.5) is 14.7 Å². The quantitative estimate of drug-likeness (QED) is 0.343. The van der Waals surface area contributed by atoms with Gasteiger partial charge in [0.2, 0.25) is 5.95 Å². The van der Waals surface area contributed by atoms with Crippen LogP contribution in [0.5, 0.6) is 11.5 Å². The van der Waals surface area contributed by atoms with E-state index in [0.29, 0.717) is 11.5 Å². The Labute approximate surface area is 191 Å². The molecule has 8 heteroatoms. The SMILES string of the molecule is COc1ccc(C2=CC(c3cc(Br)ccc3OC(F)F)n3c(nc4ccccc43)N2)cc1. The molecular weight excluding hydrogens is 480 g/mol. The van der Waals surface area contributed by atoms with Crippen LogP contribution in [0.1, 0.15) is 17.2 Å². The Kier molecular flexibility index (Phi) is 5.30. The number of ether oxygens (including phenoxy) is 2. The third-order valence-corrected chi connectivity index (χ3v) is 5.85. The fourth-order valence-corrected chi connectivity index (χ4v) is 4.31. The van der Waals surface area contributed by atoms with E-state index in [1.807, 2.05) is 59.2 Å². The van der Waals surface area contributed by atoms with Crippen molar-refractivity contribution in [3.8, 4) is 11.5 Å². The van der Waals surface area contributed by atoms with Crippen LogP contribution in [-0.4, -0.2) is 23.3 Å². The average molecular weight is 498 g/mol. The number of para-hydroxylation sites is 2. The Bertz CT molecular complexity index is 1320. The minimum absolute atomic E-state index is 0.115. The van der Waals surface area contributed by atoms with Crippen molar-refractivity contribution in [1.82, 2.24) is 9.55 Å². The van der Waals surface area contributed by atoms with Crippen LogP contribution in [-0.2, 0) is 0 Å². The average Bonchev–Trinajstić information content (AvgIpc) is 3.18. The highest BCUT2D eigenvalue weighted by Gasteiger charge is 2.28. The van der Waals surface area contributed by atoms with Gasteiger partial charge in [-0.2, -0.15) is 8.78 Å². The molecule has 1 atom stereocenters. The number of alkyl halides is 2. The molecule has 0 radical (unpaired) electrons. The third kappa shape index (κ3) is 3.71. The highest BCUT2D eigenvalue weighted by Crippen LogP contribution is 2.41. The Morgan fingerprint density at radius 1 is 1.06 bits per heavy atom. The highest BCUT2D eigenvalue weighted by molar-refractivity contribution is 9.10. The van der Waals surface area contributed by atoms with E-state index >= 15 is 0 Å². The number of methoxy groups -OCH3 is 1. The number of halogens is 3. The monoisotopic (exact) mass is 497 g/mol. The summed E-state index contributed by atoms with van der Waals surface area (Å²) in [5, 5.41) is 3.39. The second kappa shape index (κ2) is 8.27. The molecular formula is C24H18BrF2N3O2. The fraction of sp³-hybridized carbons (Fsp3) is 0.125. The van der Waals surface area contributed by atoms with E-state index in [2.05, 4.69) is 21.2 Å². The summed E-state index contributed by atoms with van der Waals surface area (Å²) in [6.07, 6.45) is 1.99. The van der Waals surface area contributed by atoms with E-state index in [0.717, 1.165) is 32.5 Å². The highest BCUT2D eigenvalue weighted by atomic mass is 79.9. The van der Waals surface area contributed by atoms with Gasteiger partial charge in [-0.25, -0.2) is 4.98 Å². The molecule has 1 aromatic heterocycles. The first kappa shape index (κ1) is 20.5. The van der Waals surface area contributed by atoms with Gasteiger partial charge in [-0.05, 0) is 66.2 Å². The van der Waals surface area contributed by atoms with Gasteiger partial charge in [-0.3, -0.25) is 4.57 Å². The molecule has 0 saturated heterocycles. The number of benzene rings is 3. The standard InChI is InChI=1S/C24H18BrF2N3O2/c1-31-16-9-6-14(7-10-16)19-13-21(17-12-15(25)8-11-22(17)32-23(26)27)30-20-5-3-2-4-18(20)28-24(30)29-19/h2-13,21,23H,1H3,(H,28,29). The summed E-state index contributed by atoms with van der Waals surface area (Å²) < 4.78 is 39.2. The molecule has 1 unspecified atom stereocenters. The summed E-state index contributed by atoms with van der Waals surface area (Å²) >= 11 is 3.47. The Morgan fingerprint density at radius 2 is 1.84 bits per heavy atom. The maximum Gasteiger partial charge on any atom is 0.387 e. The first-order valence-electron chi connectivity index (χ1n) is 9.88. The molecule has 5 rings (SSSR count). The van der Waals surface area contributed by atoms with Gasteiger partial charge in [0.25, 0.3) is 0 Å². The lowest BCUT2D eigenvalue weighted by Crippen LogP contribution is -2.20. The van der Waals surface area contributed by atoms with Crippen molar-refractivity contribution >= 4 is 38.6 Å². The third-order valence-electron chi connectivity index (χ3n) is 5.35. The molecule has 1 N–H and O–H groups in total. The molecule has 1 aliphatic rings. The molecule has 5 nitrogen and oxygen atoms in total. The van der Waals surface area contributed by atoms with Crippen molar-refractivity contribution in [2.75, 3.05) is 12.4 Å². The predicted molar refractivity (Wildman–Crippen MR) is 123 cm³/mol. The summed E-state index contributed by atoms with van der Waals surface area (Å²) in [4.78, 5) is 4.74. The molecule has 0 aliphatic carbocycles. The lowest BCUT2D eigenvalue weighted by Gasteiger charge is -2.28. The number of imidazole rings is 1. The molecule has 0 bridgehead atoms. The van der Waals surface area contributed by atoms with Crippen LogP contribution < -0.4 is 14.8 Å². The second-order valence-electron chi connectivity index (χ2n) is 7.23. The number of aromatic nitrogens is 2. The minimum Gasteiger partial charge on any atom is -0.497 e. The van der Waals surface area contributed by atoms with Gasteiger partial charge in [0.15, 0.2) is 0 Å². The van der Waals surface area contributed by atoms with Crippen molar-refractivity contribution in [2.45, 2.75) is 12.7 Å². The number of rotatable bonds is 5. The van der Waals surface area contributed by atoms with Gasteiger partial charge in [-0.1, -0.05) is 28.1 Å². The predicted octanol–water partition coefficient (Wildman–Crippen LogP) is 6.46. The number of anilines is 1. The smallest absolute Gasteiger partial charge is 0.387 e. The molecule has 0 fully saturated rings. The summed E-state index contributed by atoms with van der Waals surface area (Å²) in [6.45, 7) is -2.93. The van der Waals surface area contributed by atoms with Crippen molar-refractivity contribution in [3.05, 3.63) is 88.4 Å². The van der Waals surface area contributed by atoms with Crippen LogP contribution in [0.3, 0.4) is 0 Å². The van der Waals surface area contributed by atoms with Crippen molar-refractivity contribution in [2.24, 2.45) is 0 Å². The molecule has 1 aliphatic heterocycles. The molecule has 3 aromatic carbocycles. The van der Waals surface area contributed by atoms with E-state index in [1.165, 1.54) is 0 Å².